The number of quaternary nitrogens is 1. The van der Waals surface area contributed by atoms with Gasteiger partial charge >= 0.3 is 14.1 Å². The van der Waals surface area contributed by atoms with Crippen molar-refractivity contribution in [3.05, 3.63) is 40.4 Å². The van der Waals surface area contributed by atoms with Crippen molar-refractivity contribution in [2.75, 3.05) is 27.7 Å². The van der Waals surface area contributed by atoms with Crippen LogP contribution in [-0.4, -0.2) is 48.2 Å². The van der Waals surface area contributed by atoms with Gasteiger partial charge in [0.05, 0.1) is 26.1 Å². The Kier molecular flexibility index (Phi) is 5.24. The van der Waals surface area contributed by atoms with E-state index in [-0.39, 0.29) is 16.8 Å². The second-order valence-corrected chi connectivity index (χ2v) is 6.52. The Balaban J connectivity index is 2.76. The molecule has 1 aromatic carbocycles. The first-order valence-electron chi connectivity index (χ1n) is 5.79. The molecule has 112 valence electrons. The Labute approximate surface area is 116 Å². The molecular formula is C11H18N2O6P+. The van der Waals surface area contributed by atoms with E-state index in [4.69, 9.17) is 4.52 Å². The number of nitrogens with zero attached hydrogens (tertiary/aromatic N) is 2. The van der Waals surface area contributed by atoms with Gasteiger partial charge in [-0.05, 0) is 12.1 Å². The van der Waals surface area contributed by atoms with Crippen molar-refractivity contribution in [1.29, 1.82) is 0 Å². The van der Waals surface area contributed by atoms with Crippen LogP contribution in [0.25, 0.3) is 0 Å². The molecule has 0 heterocycles. The summed E-state index contributed by atoms with van der Waals surface area (Å²) in [7, 11) is 0.563. The molecule has 1 N–H and O–H groups in total. The highest BCUT2D eigenvalue weighted by Crippen LogP contribution is 2.45. The first kappa shape index (κ1) is 16.6. The highest BCUT2D eigenvalue weighted by Gasteiger charge is 2.38. The highest BCUT2D eigenvalue weighted by atomic mass is 31.2. The van der Waals surface area contributed by atoms with Gasteiger partial charge in [-0.1, -0.05) is 18.2 Å². The molecule has 0 aliphatic rings. The minimum absolute atomic E-state index is 0.0737. The van der Waals surface area contributed by atoms with Crippen molar-refractivity contribution in [3.63, 3.8) is 0 Å². The molecule has 0 aliphatic heterocycles. The van der Waals surface area contributed by atoms with Gasteiger partial charge in [0.2, 0.25) is 0 Å². The van der Waals surface area contributed by atoms with Crippen LogP contribution in [0.15, 0.2) is 30.3 Å². The molecule has 0 spiro atoms. The summed E-state index contributed by atoms with van der Waals surface area (Å²) in [6, 6.07) is 7.81. The van der Waals surface area contributed by atoms with Gasteiger partial charge in [0.15, 0.2) is 6.54 Å². The smallest absolute Gasteiger partial charge is 0.404 e. The van der Waals surface area contributed by atoms with Gasteiger partial charge in [0.25, 0.3) is 0 Å². The SMILES string of the molecule is C[N+](C)(C)CC(OP(=O)(O)Oc1ccccc1)[N+](=O)[O-]. The van der Waals surface area contributed by atoms with Crippen LogP contribution in [0.2, 0.25) is 0 Å². The van der Waals surface area contributed by atoms with E-state index < -0.39 is 19.0 Å². The minimum Gasteiger partial charge on any atom is -0.404 e. The number of nitro groups is 1. The summed E-state index contributed by atoms with van der Waals surface area (Å²) in [6.45, 7) is -0.0737. The van der Waals surface area contributed by atoms with E-state index in [0.29, 0.717) is 0 Å². The van der Waals surface area contributed by atoms with E-state index in [2.05, 4.69) is 4.52 Å². The molecule has 2 unspecified atom stereocenters. The zero-order valence-electron chi connectivity index (χ0n) is 11.5. The molecule has 0 saturated carbocycles. The van der Waals surface area contributed by atoms with Crippen molar-refractivity contribution in [1.82, 2.24) is 0 Å². The Morgan fingerprint density at radius 2 is 1.90 bits per heavy atom. The van der Waals surface area contributed by atoms with Crippen molar-refractivity contribution >= 4 is 7.82 Å². The van der Waals surface area contributed by atoms with Crippen molar-refractivity contribution in [2.45, 2.75) is 6.23 Å². The minimum atomic E-state index is -4.56. The van der Waals surface area contributed by atoms with E-state index in [1.54, 1.807) is 39.3 Å². The number of phosphoric acid groups is 1. The van der Waals surface area contributed by atoms with Crippen LogP contribution in [0.5, 0.6) is 5.75 Å². The van der Waals surface area contributed by atoms with Gasteiger partial charge in [-0.25, -0.2) is 9.09 Å². The van der Waals surface area contributed by atoms with Crippen LogP contribution >= 0.6 is 7.82 Å². The van der Waals surface area contributed by atoms with Gasteiger partial charge in [-0.15, -0.1) is 0 Å². The van der Waals surface area contributed by atoms with Crippen molar-refractivity contribution in [2.24, 2.45) is 0 Å². The number of hydrogen-bond acceptors (Lipinski definition) is 5. The Morgan fingerprint density at radius 3 is 2.35 bits per heavy atom. The molecule has 9 heteroatoms. The Hall–Kier alpha value is -1.47. The fraction of sp³-hybridized carbons (Fsp3) is 0.455. The third kappa shape index (κ3) is 6.12. The van der Waals surface area contributed by atoms with Crippen molar-refractivity contribution < 1.29 is 27.9 Å². The van der Waals surface area contributed by atoms with E-state index in [0.717, 1.165) is 0 Å². The summed E-state index contributed by atoms with van der Waals surface area (Å²) in [6.07, 6.45) is -1.63. The quantitative estimate of drug-likeness (QED) is 0.269. The number of hydrogen-bond donors (Lipinski definition) is 1. The molecule has 0 aromatic heterocycles. The topological polar surface area (TPSA) is 98.9 Å². The number of phosphoric ester groups is 1. The molecule has 0 fully saturated rings. The summed E-state index contributed by atoms with van der Waals surface area (Å²) in [5, 5.41) is 10.9. The number of likely N-dealkylation sites (N-methyl/N-ethyl adjacent to an activating group) is 1. The maximum absolute atomic E-state index is 11.8. The van der Waals surface area contributed by atoms with Crippen LogP contribution in [-0.2, 0) is 9.09 Å². The molecule has 2 atom stereocenters. The van der Waals surface area contributed by atoms with E-state index in [9.17, 15) is 19.6 Å². The zero-order valence-corrected chi connectivity index (χ0v) is 12.4. The molecule has 0 bridgehead atoms. The van der Waals surface area contributed by atoms with Gasteiger partial charge in [-0.3, -0.25) is 15.0 Å². The fourth-order valence-corrected chi connectivity index (χ4v) is 2.28. The van der Waals surface area contributed by atoms with E-state index >= 15 is 0 Å². The van der Waals surface area contributed by atoms with Crippen LogP contribution in [0.3, 0.4) is 0 Å². The van der Waals surface area contributed by atoms with Gasteiger partial charge < -0.3 is 9.01 Å². The van der Waals surface area contributed by atoms with Crippen LogP contribution in [0.4, 0.5) is 0 Å². The van der Waals surface area contributed by atoms with Crippen LogP contribution in [0.1, 0.15) is 0 Å². The largest absolute Gasteiger partial charge is 0.532 e. The zero-order chi connectivity index (χ0) is 15.4. The second kappa shape index (κ2) is 6.32. The van der Waals surface area contributed by atoms with Crippen molar-refractivity contribution in [3.8, 4) is 5.75 Å². The summed E-state index contributed by atoms with van der Waals surface area (Å²) >= 11 is 0. The Bertz CT molecular complexity index is 501. The Morgan fingerprint density at radius 1 is 1.35 bits per heavy atom. The lowest BCUT2D eigenvalue weighted by atomic mass is 10.3. The maximum Gasteiger partial charge on any atom is 0.532 e. The maximum atomic E-state index is 11.8. The standard InChI is InChI=1S/C11H17N2O6P/c1-13(2,3)9-11(12(14)15)19-20(16,17)18-10-7-5-4-6-8-10/h4-8,11H,9H2,1-3H3/p+1. The summed E-state index contributed by atoms with van der Waals surface area (Å²) in [4.78, 5) is 19.7. The third-order valence-electron chi connectivity index (χ3n) is 2.16. The number of benzene rings is 1. The van der Waals surface area contributed by atoms with E-state index in [1.165, 1.54) is 12.1 Å². The third-order valence-corrected chi connectivity index (χ3v) is 3.11. The van der Waals surface area contributed by atoms with Gasteiger partial charge in [0, 0.05) is 0 Å². The normalized spacial score (nSPS) is 16.2. The first-order valence-corrected chi connectivity index (χ1v) is 7.28. The second-order valence-electron chi connectivity index (χ2n) is 5.19. The molecule has 0 aliphatic carbocycles. The summed E-state index contributed by atoms with van der Waals surface area (Å²) in [5.74, 6) is 0.102. The van der Waals surface area contributed by atoms with Gasteiger partial charge in [0.1, 0.15) is 5.75 Å². The predicted octanol–water partition coefficient (Wildman–Crippen LogP) is 1.49. The number of para-hydroxylation sites is 1. The lowest BCUT2D eigenvalue weighted by Gasteiger charge is -2.25. The molecule has 1 aromatic rings. The average Bonchev–Trinajstić information content (AvgIpc) is 2.26. The fourth-order valence-electron chi connectivity index (χ4n) is 1.40. The molecule has 8 nitrogen and oxygen atoms in total. The molecule has 0 radical (unpaired) electrons. The molecular weight excluding hydrogens is 287 g/mol. The highest BCUT2D eigenvalue weighted by molar-refractivity contribution is 7.47. The predicted molar refractivity (Wildman–Crippen MR) is 71.7 cm³/mol. The van der Waals surface area contributed by atoms with Gasteiger partial charge in [-0.2, -0.15) is 0 Å². The lowest BCUT2D eigenvalue weighted by molar-refractivity contribution is -0.887. The average molecular weight is 305 g/mol. The number of rotatable bonds is 7. The monoisotopic (exact) mass is 305 g/mol. The lowest BCUT2D eigenvalue weighted by Crippen LogP contribution is -2.45. The molecule has 0 amide bonds. The van der Waals surface area contributed by atoms with E-state index in [1.807, 2.05) is 0 Å². The molecule has 0 saturated heterocycles. The van der Waals surface area contributed by atoms with Crippen LogP contribution < -0.4 is 4.52 Å². The molecule has 20 heavy (non-hydrogen) atoms. The summed E-state index contributed by atoms with van der Waals surface area (Å²) in [5.41, 5.74) is 0. The summed E-state index contributed by atoms with van der Waals surface area (Å²) < 4.78 is 21.4. The molecule has 1 rings (SSSR count). The van der Waals surface area contributed by atoms with Crippen LogP contribution in [0, 0.1) is 10.1 Å². The first-order chi connectivity index (χ1) is 9.09.